The Morgan fingerprint density at radius 3 is 2.93 bits per heavy atom. The number of carbonyl (C=O) groups is 1. The number of carbonyl (C=O) groups excluding carboxylic acids is 1. The highest BCUT2D eigenvalue weighted by molar-refractivity contribution is 9.10. The molecule has 0 saturated carbocycles. The summed E-state index contributed by atoms with van der Waals surface area (Å²) in [6.45, 7) is 1.81. The second-order valence-electron chi connectivity index (χ2n) is 3.37. The molecular formula is C11H9BrClNO. The number of aromatic amines is 1. The predicted octanol–water partition coefficient (Wildman–Crippen LogP) is 3.79. The van der Waals surface area contributed by atoms with E-state index in [1.165, 1.54) is 0 Å². The molecule has 1 unspecified atom stereocenters. The van der Waals surface area contributed by atoms with Crippen LogP contribution in [0.2, 0.25) is 5.02 Å². The van der Waals surface area contributed by atoms with Gasteiger partial charge < -0.3 is 4.98 Å². The maximum atomic E-state index is 11.8. The number of ketones is 1. The van der Waals surface area contributed by atoms with E-state index in [4.69, 9.17) is 11.6 Å². The summed E-state index contributed by atoms with van der Waals surface area (Å²) in [7, 11) is 0. The minimum absolute atomic E-state index is 0.0588. The van der Waals surface area contributed by atoms with Crippen LogP contribution in [0.3, 0.4) is 0 Å². The van der Waals surface area contributed by atoms with Crippen LogP contribution in [0.15, 0.2) is 24.4 Å². The summed E-state index contributed by atoms with van der Waals surface area (Å²) in [6, 6.07) is 5.47. The summed E-state index contributed by atoms with van der Waals surface area (Å²) >= 11 is 9.16. The van der Waals surface area contributed by atoms with Crippen molar-refractivity contribution in [1.82, 2.24) is 4.98 Å². The zero-order valence-electron chi connectivity index (χ0n) is 8.05. The fourth-order valence-corrected chi connectivity index (χ4v) is 1.93. The molecule has 0 amide bonds. The number of alkyl halides is 1. The van der Waals surface area contributed by atoms with Gasteiger partial charge in [0, 0.05) is 27.7 Å². The van der Waals surface area contributed by atoms with E-state index in [0.717, 1.165) is 10.9 Å². The van der Waals surface area contributed by atoms with Crippen molar-refractivity contribution in [2.75, 3.05) is 0 Å². The minimum atomic E-state index is -0.185. The van der Waals surface area contributed by atoms with E-state index in [9.17, 15) is 4.79 Å². The van der Waals surface area contributed by atoms with Crippen molar-refractivity contribution in [2.45, 2.75) is 11.8 Å². The average Bonchev–Trinajstić information content (AvgIpc) is 2.59. The van der Waals surface area contributed by atoms with Crippen molar-refractivity contribution < 1.29 is 4.79 Å². The highest BCUT2D eigenvalue weighted by atomic mass is 79.9. The van der Waals surface area contributed by atoms with E-state index in [1.54, 1.807) is 18.3 Å². The Labute approximate surface area is 101 Å². The molecule has 0 fully saturated rings. The first-order valence-electron chi connectivity index (χ1n) is 4.54. The first-order valence-corrected chi connectivity index (χ1v) is 5.84. The third-order valence-corrected chi connectivity index (χ3v) is 2.92. The molecule has 15 heavy (non-hydrogen) atoms. The Balaban J connectivity index is 2.62. The van der Waals surface area contributed by atoms with Crippen LogP contribution in [0.25, 0.3) is 10.9 Å². The van der Waals surface area contributed by atoms with E-state index < -0.39 is 0 Å². The highest BCUT2D eigenvalue weighted by Gasteiger charge is 2.16. The van der Waals surface area contributed by atoms with Crippen LogP contribution in [0.5, 0.6) is 0 Å². The van der Waals surface area contributed by atoms with Gasteiger partial charge in [-0.1, -0.05) is 27.5 Å². The summed E-state index contributed by atoms with van der Waals surface area (Å²) in [6.07, 6.45) is 1.72. The van der Waals surface area contributed by atoms with Gasteiger partial charge in [-0.15, -0.1) is 0 Å². The SMILES string of the molecule is CC(Br)C(=O)c1c[nH]c2ccc(Cl)cc12. The van der Waals surface area contributed by atoms with E-state index in [1.807, 2.05) is 13.0 Å². The third-order valence-electron chi connectivity index (χ3n) is 2.27. The molecule has 0 bridgehead atoms. The Morgan fingerprint density at radius 2 is 2.27 bits per heavy atom. The van der Waals surface area contributed by atoms with E-state index in [0.29, 0.717) is 10.6 Å². The Bertz CT molecular complexity index is 518. The number of halogens is 2. The van der Waals surface area contributed by atoms with Crippen LogP contribution >= 0.6 is 27.5 Å². The minimum Gasteiger partial charge on any atom is -0.360 e. The first-order chi connectivity index (χ1) is 7.09. The number of hydrogen-bond donors (Lipinski definition) is 1. The average molecular weight is 287 g/mol. The molecule has 1 heterocycles. The molecule has 0 spiro atoms. The van der Waals surface area contributed by atoms with Crippen LogP contribution < -0.4 is 0 Å². The normalized spacial score (nSPS) is 13.0. The number of H-pyrrole nitrogens is 1. The van der Waals surface area contributed by atoms with Crippen molar-refractivity contribution >= 4 is 44.2 Å². The molecule has 1 aromatic heterocycles. The quantitative estimate of drug-likeness (QED) is 0.661. The molecule has 0 radical (unpaired) electrons. The van der Waals surface area contributed by atoms with Gasteiger partial charge in [-0.05, 0) is 25.1 Å². The Morgan fingerprint density at radius 1 is 1.53 bits per heavy atom. The van der Waals surface area contributed by atoms with Crippen LogP contribution in [0.4, 0.5) is 0 Å². The molecular weight excluding hydrogens is 277 g/mol. The number of rotatable bonds is 2. The highest BCUT2D eigenvalue weighted by Crippen LogP contribution is 2.24. The maximum Gasteiger partial charge on any atom is 0.178 e. The fraction of sp³-hybridized carbons (Fsp3) is 0.182. The van der Waals surface area contributed by atoms with Gasteiger partial charge in [0.15, 0.2) is 5.78 Å². The van der Waals surface area contributed by atoms with Crippen LogP contribution in [-0.4, -0.2) is 15.6 Å². The largest absolute Gasteiger partial charge is 0.360 e. The van der Waals surface area contributed by atoms with E-state index in [-0.39, 0.29) is 10.6 Å². The maximum absolute atomic E-state index is 11.8. The molecule has 0 aliphatic rings. The molecule has 78 valence electrons. The third kappa shape index (κ3) is 1.94. The Hall–Kier alpha value is -0.800. The predicted molar refractivity (Wildman–Crippen MR) is 66.0 cm³/mol. The van der Waals surface area contributed by atoms with Crippen molar-refractivity contribution in [1.29, 1.82) is 0 Å². The molecule has 0 saturated heterocycles. The summed E-state index contributed by atoms with van der Waals surface area (Å²) in [4.78, 5) is 14.7. The lowest BCUT2D eigenvalue weighted by atomic mass is 10.1. The van der Waals surface area contributed by atoms with Crippen molar-refractivity contribution in [3.05, 3.63) is 35.0 Å². The molecule has 2 nitrogen and oxygen atoms in total. The number of benzene rings is 1. The molecule has 2 rings (SSSR count). The number of fused-ring (bicyclic) bond motifs is 1. The number of Topliss-reactive ketones (excluding diaryl/α,β-unsaturated/α-hetero) is 1. The van der Waals surface area contributed by atoms with Crippen LogP contribution in [0, 0.1) is 0 Å². The van der Waals surface area contributed by atoms with Gasteiger partial charge >= 0.3 is 0 Å². The van der Waals surface area contributed by atoms with Gasteiger partial charge in [0.05, 0.1) is 4.83 Å². The second-order valence-corrected chi connectivity index (χ2v) is 5.18. The van der Waals surface area contributed by atoms with Crippen molar-refractivity contribution in [3.63, 3.8) is 0 Å². The molecule has 4 heteroatoms. The van der Waals surface area contributed by atoms with Gasteiger partial charge in [-0.2, -0.15) is 0 Å². The lowest BCUT2D eigenvalue weighted by Gasteiger charge is -2.00. The monoisotopic (exact) mass is 285 g/mol. The lowest BCUT2D eigenvalue weighted by molar-refractivity contribution is 0.0997. The van der Waals surface area contributed by atoms with Gasteiger partial charge in [-0.25, -0.2) is 0 Å². The Kier molecular flexibility index (Phi) is 2.85. The topological polar surface area (TPSA) is 32.9 Å². The molecule has 0 aliphatic carbocycles. The van der Waals surface area contributed by atoms with Gasteiger partial charge in [0.25, 0.3) is 0 Å². The number of hydrogen-bond acceptors (Lipinski definition) is 1. The number of nitrogens with one attached hydrogen (secondary N) is 1. The molecule has 1 aromatic carbocycles. The zero-order chi connectivity index (χ0) is 11.0. The summed E-state index contributed by atoms with van der Waals surface area (Å²) in [5.41, 5.74) is 1.60. The van der Waals surface area contributed by atoms with Gasteiger partial charge in [0.1, 0.15) is 0 Å². The van der Waals surface area contributed by atoms with Crippen LogP contribution in [-0.2, 0) is 0 Å². The molecule has 2 aromatic rings. The van der Waals surface area contributed by atoms with E-state index in [2.05, 4.69) is 20.9 Å². The van der Waals surface area contributed by atoms with Gasteiger partial charge in [0.2, 0.25) is 0 Å². The van der Waals surface area contributed by atoms with E-state index >= 15 is 0 Å². The lowest BCUT2D eigenvalue weighted by Crippen LogP contribution is -2.08. The smallest absolute Gasteiger partial charge is 0.178 e. The molecule has 1 N–H and O–H groups in total. The van der Waals surface area contributed by atoms with Crippen molar-refractivity contribution in [2.24, 2.45) is 0 Å². The van der Waals surface area contributed by atoms with Crippen molar-refractivity contribution in [3.8, 4) is 0 Å². The second kappa shape index (κ2) is 3.99. The molecule has 0 aliphatic heterocycles. The summed E-state index contributed by atoms with van der Waals surface area (Å²) in [5.74, 6) is 0.0588. The van der Waals surface area contributed by atoms with Crippen LogP contribution in [0.1, 0.15) is 17.3 Å². The summed E-state index contributed by atoms with van der Waals surface area (Å²) in [5, 5.41) is 1.51. The fourth-order valence-electron chi connectivity index (χ4n) is 1.51. The number of aromatic nitrogens is 1. The molecule has 1 atom stereocenters. The van der Waals surface area contributed by atoms with Gasteiger partial charge in [-0.3, -0.25) is 4.79 Å². The standard InChI is InChI=1S/C11H9BrClNO/c1-6(12)11(15)9-5-14-10-3-2-7(13)4-8(9)10/h2-6,14H,1H3. The first kappa shape index (κ1) is 10.7. The zero-order valence-corrected chi connectivity index (χ0v) is 10.4. The summed E-state index contributed by atoms with van der Waals surface area (Å²) < 4.78 is 0.